The van der Waals surface area contributed by atoms with E-state index in [9.17, 15) is 13.2 Å². The molecule has 0 bridgehead atoms. The number of para-hydroxylation sites is 1. The van der Waals surface area contributed by atoms with Crippen LogP contribution in [0.5, 0.6) is 5.75 Å². The van der Waals surface area contributed by atoms with Crippen LogP contribution in [0.25, 0.3) is 0 Å². The van der Waals surface area contributed by atoms with Crippen molar-refractivity contribution < 1.29 is 22.6 Å². The van der Waals surface area contributed by atoms with Gasteiger partial charge in [-0.15, -0.1) is 0 Å². The van der Waals surface area contributed by atoms with E-state index in [4.69, 9.17) is 14.7 Å². The Morgan fingerprint density at radius 2 is 1.84 bits per heavy atom. The number of benzene rings is 1. The molecule has 0 radical (unpaired) electrons. The van der Waals surface area contributed by atoms with Gasteiger partial charge in [0.1, 0.15) is 11.8 Å². The smallest absolute Gasteiger partial charge is 0.391 e. The molecule has 1 aromatic carbocycles. The van der Waals surface area contributed by atoms with Gasteiger partial charge in [0.05, 0.1) is 25.2 Å². The van der Waals surface area contributed by atoms with Gasteiger partial charge in [0.25, 0.3) is 0 Å². The lowest BCUT2D eigenvalue weighted by Gasteiger charge is -2.09. The van der Waals surface area contributed by atoms with E-state index in [1.807, 2.05) is 6.07 Å². The van der Waals surface area contributed by atoms with Crippen molar-refractivity contribution in [3.63, 3.8) is 0 Å². The second kappa shape index (κ2) is 7.64. The number of halogens is 3. The maximum absolute atomic E-state index is 11.8. The molecule has 0 spiro atoms. The molecule has 0 amide bonds. The quantitative estimate of drug-likeness (QED) is 0.716. The van der Waals surface area contributed by atoms with Crippen LogP contribution < -0.4 is 4.74 Å². The van der Waals surface area contributed by atoms with Crippen LogP contribution >= 0.6 is 0 Å². The molecule has 19 heavy (non-hydrogen) atoms. The van der Waals surface area contributed by atoms with Crippen molar-refractivity contribution in [2.45, 2.75) is 19.0 Å². The van der Waals surface area contributed by atoms with Gasteiger partial charge in [-0.05, 0) is 12.1 Å². The number of alkyl halides is 3. The summed E-state index contributed by atoms with van der Waals surface area (Å²) < 4.78 is 45.6. The fourth-order valence-corrected chi connectivity index (χ4v) is 1.32. The predicted molar refractivity (Wildman–Crippen MR) is 62.8 cm³/mol. The SMILES string of the molecule is N#Cc1ccccc1OCCCOCCC(F)(F)F. The van der Waals surface area contributed by atoms with E-state index in [0.29, 0.717) is 24.3 Å². The highest BCUT2D eigenvalue weighted by Crippen LogP contribution is 2.19. The third-order valence-electron chi connectivity index (χ3n) is 2.23. The Hall–Kier alpha value is -1.74. The molecule has 104 valence electrons. The van der Waals surface area contributed by atoms with E-state index < -0.39 is 12.6 Å². The van der Waals surface area contributed by atoms with Gasteiger partial charge < -0.3 is 9.47 Å². The van der Waals surface area contributed by atoms with E-state index in [-0.39, 0.29) is 13.2 Å². The van der Waals surface area contributed by atoms with E-state index in [2.05, 4.69) is 0 Å². The zero-order valence-electron chi connectivity index (χ0n) is 10.2. The molecule has 1 rings (SSSR count). The zero-order valence-corrected chi connectivity index (χ0v) is 10.2. The third-order valence-corrected chi connectivity index (χ3v) is 2.23. The van der Waals surface area contributed by atoms with Crippen LogP contribution in [0.1, 0.15) is 18.4 Å². The van der Waals surface area contributed by atoms with Crippen LogP contribution in [-0.2, 0) is 4.74 Å². The van der Waals surface area contributed by atoms with Crippen LogP contribution in [0.15, 0.2) is 24.3 Å². The van der Waals surface area contributed by atoms with Crippen molar-refractivity contribution in [2.24, 2.45) is 0 Å². The van der Waals surface area contributed by atoms with Crippen molar-refractivity contribution in [1.82, 2.24) is 0 Å². The van der Waals surface area contributed by atoms with Crippen molar-refractivity contribution >= 4 is 0 Å². The maximum atomic E-state index is 11.8. The predicted octanol–water partition coefficient (Wildman–Crippen LogP) is 3.30. The molecule has 0 atom stereocenters. The summed E-state index contributed by atoms with van der Waals surface area (Å²) in [6.45, 7) is 0.161. The highest BCUT2D eigenvalue weighted by molar-refractivity contribution is 5.42. The van der Waals surface area contributed by atoms with E-state index in [1.165, 1.54) is 0 Å². The zero-order chi connectivity index (χ0) is 14.1. The average Bonchev–Trinajstić information content (AvgIpc) is 2.37. The molecule has 0 aliphatic heterocycles. The summed E-state index contributed by atoms with van der Waals surface area (Å²) in [5.41, 5.74) is 0.431. The van der Waals surface area contributed by atoms with Gasteiger partial charge in [-0.1, -0.05) is 12.1 Å². The summed E-state index contributed by atoms with van der Waals surface area (Å²) in [5, 5.41) is 8.81. The number of nitrogens with zero attached hydrogens (tertiary/aromatic N) is 1. The molecule has 6 heteroatoms. The first kappa shape index (κ1) is 15.3. The monoisotopic (exact) mass is 273 g/mol. The molecular formula is C13H14F3NO2. The number of ether oxygens (including phenoxy) is 2. The van der Waals surface area contributed by atoms with E-state index >= 15 is 0 Å². The number of hydrogen-bond donors (Lipinski definition) is 0. The minimum absolute atomic E-state index is 0.199. The summed E-state index contributed by atoms with van der Waals surface area (Å²) in [7, 11) is 0. The Kier molecular flexibility index (Phi) is 6.16. The molecule has 1 aromatic rings. The van der Waals surface area contributed by atoms with Crippen LogP contribution in [0, 0.1) is 11.3 Å². The second-order valence-corrected chi connectivity index (χ2v) is 3.79. The van der Waals surface area contributed by atoms with Crippen LogP contribution in [0.3, 0.4) is 0 Å². The van der Waals surface area contributed by atoms with Crippen LogP contribution in [0.4, 0.5) is 13.2 Å². The third kappa shape index (κ3) is 6.67. The second-order valence-electron chi connectivity index (χ2n) is 3.79. The molecule has 0 fully saturated rings. The Labute approximate surface area is 109 Å². The van der Waals surface area contributed by atoms with Gasteiger partial charge >= 0.3 is 6.18 Å². The van der Waals surface area contributed by atoms with Crippen molar-refractivity contribution in [3.05, 3.63) is 29.8 Å². The lowest BCUT2D eigenvalue weighted by molar-refractivity contribution is -0.145. The fraction of sp³-hybridized carbons (Fsp3) is 0.462. The molecule has 0 saturated heterocycles. The highest BCUT2D eigenvalue weighted by atomic mass is 19.4. The maximum Gasteiger partial charge on any atom is 0.391 e. The minimum atomic E-state index is -4.18. The first-order chi connectivity index (χ1) is 9.03. The van der Waals surface area contributed by atoms with Gasteiger partial charge in [-0.2, -0.15) is 18.4 Å². The number of nitriles is 1. The highest BCUT2D eigenvalue weighted by Gasteiger charge is 2.26. The topological polar surface area (TPSA) is 42.2 Å². The molecule has 0 aliphatic rings. The average molecular weight is 273 g/mol. The van der Waals surface area contributed by atoms with Gasteiger partial charge in [0.2, 0.25) is 0 Å². The Morgan fingerprint density at radius 3 is 2.53 bits per heavy atom. The molecular weight excluding hydrogens is 259 g/mol. The molecule has 0 aliphatic carbocycles. The van der Waals surface area contributed by atoms with Crippen molar-refractivity contribution in [3.8, 4) is 11.8 Å². The standard InChI is InChI=1S/C13H14F3NO2/c14-13(15,16)6-9-18-7-3-8-19-12-5-2-1-4-11(12)10-17/h1-2,4-5H,3,6-9H2. The molecule has 0 N–H and O–H groups in total. The Bertz CT molecular complexity index is 427. The van der Waals surface area contributed by atoms with Crippen molar-refractivity contribution in [1.29, 1.82) is 5.26 Å². The van der Waals surface area contributed by atoms with Gasteiger partial charge in [-0.3, -0.25) is 0 Å². The molecule has 3 nitrogen and oxygen atoms in total. The first-order valence-corrected chi connectivity index (χ1v) is 5.79. The minimum Gasteiger partial charge on any atom is -0.492 e. The largest absolute Gasteiger partial charge is 0.492 e. The lowest BCUT2D eigenvalue weighted by Crippen LogP contribution is -2.12. The Morgan fingerprint density at radius 1 is 1.11 bits per heavy atom. The van der Waals surface area contributed by atoms with Gasteiger partial charge in [0, 0.05) is 13.0 Å². The molecule has 0 saturated carbocycles. The molecule has 0 aromatic heterocycles. The number of hydrogen-bond acceptors (Lipinski definition) is 3. The number of rotatable bonds is 7. The lowest BCUT2D eigenvalue weighted by atomic mass is 10.2. The summed E-state index contributed by atoms with van der Waals surface area (Å²) >= 11 is 0. The van der Waals surface area contributed by atoms with E-state index in [0.717, 1.165) is 0 Å². The van der Waals surface area contributed by atoms with E-state index in [1.54, 1.807) is 24.3 Å². The summed E-state index contributed by atoms with van der Waals surface area (Å²) in [5.74, 6) is 0.472. The summed E-state index contributed by atoms with van der Waals surface area (Å²) in [6.07, 6.45) is -4.65. The molecule has 0 unspecified atom stereocenters. The van der Waals surface area contributed by atoms with Gasteiger partial charge in [-0.25, -0.2) is 0 Å². The van der Waals surface area contributed by atoms with Crippen LogP contribution in [-0.4, -0.2) is 26.0 Å². The Balaban J connectivity index is 2.13. The molecule has 0 heterocycles. The summed E-state index contributed by atoms with van der Waals surface area (Å²) in [6, 6.07) is 8.77. The first-order valence-electron chi connectivity index (χ1n) is 5.79. The fourth-order valence-electron chi connectivity index (χ4n) is 1.32. The van der Waals surface area contributed by atoms with Crippen LogP contribution in [0.2, 0.25) is 0 Å². The summed E-state index contributed by atoms with van der Waals surface area (Å²) in [4.78, 5) is 0. The van der Waals surface area contributed by atoms with Gasteiger partial charge in [0.15, 0.2) is 0 Å². The normalized spacial score (nSPS) is 11.1. The van der Waals surface area contributed by atoms with Crippen molar-refractivity contribution in [2.75, 3.05) is 19.8 Å².